The molecule has 0 aliphatic carbocycles. The Morgan fingerprint density at radius 2 is 1.86 bits per heavy atom. The highest BCUT2D eigenvalue weighted by molar-refractivity contribution is 5.83. The van der Waals surface area contributed by atoms with E-state index in [-0.39, 0.29) is 24.1 Å². The molecule has 1 unspecified atom stereocenters. The summed E-state index contributed by atoms with van der Waals surface area (Å²) in [6.45, 7) is 1.86. The van der Waals surface area contributed by atoms with Crippen molar-refractivity contribution >= 4 is 22.7 Å². The molecule has 3 heterocycles. The summed E-state index contributed by atoms with van der Waals surface area (Å²) in [5.41, 5.74) is 1.80. The fraction of sp³-hybridized carbons (Fsp3) is 0.320. The maximum atomic E-state index is 11.2. The van der Waals surface area contributed by atoms with Gasteiger partial charge < -0.3 is 25.0 Å². The summed E-state index contributed by atoms with van der Waals surface area (Å²) < 4.78 is 13.0. The molecule has 192 valence electrons. The van der Waals surface area contributed by atoms with Crippen molar-refractivity contribution in [1.29, 1.82) is 0 Å². The lowest BCUT2D eigenvalue weighted by molar-refractivity contribution is -0.386. The van der Waals surface area contributed by atoms with Crippen LogP contribution in [0.4, 0.5) is 11.5 Å². The van der Waals surface area contributed by atoms with Crippen LogP contribution >= 0.6 is 0 Å². The molecular weight excluding hydrogens is 480 g/mol. The van der Waals surface area contributed by atoms with Crippen LogP contribution in [0.1, 0.15) is 31.2 Å². The van der Waals surface area contributed by atoms with E-state index in [0.717, 1.165) is 12.0 Å². The Bertz CT molecular complexity index is 1380. The minimum Gasteiger partial charge on any atom is -0.484 e. The number of fused-ring (bicyclic) bond motifs is 1. The molecule has 3 N–H and O–H groups in total. The zero-order chi connectivity index (χ0) is 25.9. The quantitative estimate of drug-likeness (QED) is 0.228. The summed E-state index contributed by atoms with van der Waals surface area (Å²) in [6, 6.07) is 15.9. The van der Waals surface area contributed by atoms with Crippen molar-refractivity contribution in [2.24, 2.45) is 0 Å². The first kappa shape index (κ1) is 24.6. The lowest BCUT2D eigenvalue weighted by Crippen LogP contribution is -2.34. The van der Waals surface area contributed by atoms with E-state index in [4.69, 9.17) is 9.47 Å². The zero-order valence-electron chi connectivity index (χ0n) is 19.9. The number of rotatable bonds is 9. The molecule has 1 aliphatic heterocycles. The van der Waals surface area contributed by atoms with Gasteiger partial charge in [-0.3, -0.25) is 14.7 Å². The van der Waals surface area contributed by atoms with E-state index >= 15 is 0 Å². The largest absolute Gasteiger partial charge is 0.484 e. The first-order valence-electron chi connectivity index (χ1n) is 11.8. The standard InChI is InChI=1S/C25H26N6O6/c1-2-16(15-8-4-3-5-9-15)29-23-20-24(27-13-26-23)30(14-28-20)25-22(33)21(32)19(37-25)12-36-18-11-7-6-10-17(18)31(34)35/h3-11,13-14,16,19,21-22,25,32-33H,2,12H2,1H3,(H,26,27,29)/t16-,19-,21+,22?,25-/m1/s1. The Kier molecular flexibility index (Phi) is 6.95. The fourth-order valence-electron chi connectivity index (χ4n) is 4.41. The molecule has 0 bridgehead atoms. The highest BCUT2D eigenvalue weighted by atomic mass is 16.6. The molecule has 1 fully saturated rings. The number of para-hydroxylation sites is 2. The number of nitrogens with zero attached hydrogens (tertiary/aromatic N) is 5. The maximum absolute atomic E-state index is 11.2. The van der Waals surface area contributed by atoms with Gasteiger partial charge in [-0.1, -0.05) is 49.4 Å². The van der Waals surface area contributed by atoms with E-state index in [2.05, 4.69) is 27.2 Å². The molecule has 1 saturated heterocycles. The Balaban J connectivity index is 1.35. The number of nitro groups is 1. The van der Waals surface area contributed by atoms with Gasteiger partial charge in [0.05, 0.1) is 17.3 Å². The Morgan fingerprint density at radius 3 is 2.62 bits per heavy atom. The van der Waals surface area contributed by atoms with Gasteiger partial charge in [-0.05, 0) is 18.1 Å². The number of anilines is 1. The number of benzene rings is 2. The number of nitrogens with one attached hydrogen (secondary N) is 1. The normalized spacial score (nSPS) is 22.1. The molecule has 2 aromatic carbocycles. The number of ether oxygens (including phenoxy) is 2. The van der Waals surface area contributed by atoms with Crippen molar-refractivity contribution in [2.45, 2.75) is 43.9 Å². The number of aliphatic hydroxyl groups is 2. The predicted molar refractivity (Wildman–Crippen MR) is 133 cm³/mol. The van der Waals surface area contributed by atoms with Gasteiger partial charge in [0.2, 0.25) is 0 Å². The number of hydrogen-bond donors (Lipinski definition) is 3. The topological polar surface area (TPSA) is 158 Å². The van der Waals surface area contributed by atoms with Crippen molar-refractivity contribution in [1.82, 2.24) is 19.5 Å². The molecule has 0 saturated carbocycles. The first-order valence-corrected chi connectivity index (χ1v) is 11.8. The Labute approximate surface area is 211 Å². The van der Waals surface area contributed by atoms with E-state index in [1.54, 1.807) is 6.07 Å². The van der Waals surface area contributed by atoms with Crippen LogP contribution in [0.2, 0.25) is 0 Å². The van der Waals surface area contributed by atoms with Gasteiger partial charge in [0.1, 0.15) is 31.2 Å². The lowest BCUT2D eigenvalue weighted by Gasteiger charge is -2.19. The van der Waals surface area contributed by atoms with Crippen LogP contribution in [-0.2, 0) is 4.74 Å². The second kappa shape index (κ2) is 10.5. The summed E-state index contributed by atoms with van der Waals surface area (Å²) in [4.78, 5) is 23.8. The Morgan fingerprint density at radius 1 is 1.11 bits per heavy atom. The minimum atomic E-state index is -1.31. The van der Waals surface area contributed by atoms with E-state index in [1.807, 2.05) is 30.3 Å². The predicted octanol–water partition coefficient (Wildman–Crippen LogP) is 3.00. The van der Waals surface area contributed by atoms with Gasteiger partial charge >= 0.3 is 5.69 Å². The summed E-state index contributed by atoms with van der Waals surface area (Å²) >= 11 is 0. The molecule has 12 nitrogen and oxygen atoms in total. The van der Waals surface area contributed by atoms with E-state index in [1.165, 1.54) is 35.4 Å². The van der Waals surface area contributed by atoms with Crippen LogP contribution < -0.4 is 10.1 Å². The van der Waals surface area contributed by atoms with Crippen LogP contribution in [0.5, 0.6) is 5.75 Å². The average Bonchev–Trinajstić information content (AvgIpc) is 3.47. The molecule has 0 radical (unpaired) electrons. The molecule has 1 aliphatic rings. The number of aromatic nitrogens is 4. The monoisotopic (exact) mass is 506 g/mol. The third-order valence-corrected chi connectivity index (χ3v) is 6.36. The van der Waals surface area contributed by atoms with Gasteiger partial charge in [-0.2, -0.15) is 0 Å². The Hall–Kier alpha value is -4.13. The molecule has 5 rings (SSSR count). The number of imidazole rings is 1. The second-order valence-corrected chi connectivity index (χ2v) is 8.64. The zero-order valence-corrected chi connectivity index (χ0v) is 19.9. The third kappa shape index (κ3) is 4.81. The van der Waals surface area contributed by atoms with Crippen LogP contribution in [0.15, 0.2) is 67.3 Å². The van der Waals surface area contributed by atoms with Gasteiger partial charge in [-0.15, -0.1) is 0 Å². The lowest BCUT2D eigenvalue weighted by atomic mass is 10.0. The van der Waals surface area contributed by atoms with Gasteiger partial charge in [0.15, 0.2) is 29.0 Å². The van der Waals surface area contributed by atoms with Crippen LogP contribution in [-0.4, -0.2) is 59.6 Å². The second-order valence-electron chi connectivity index (χ2n) is 8.64. The molecule has 0 spiro atoms. The maximum Gasteiger partial charge on any atom is 0.310 e. The van der Waals surface area contributed by atoms with Crippen molar-refractivity contribution in [2.75, 3.05) is 11.9 Å². The van der Waals surface area contributed by atoms with E-state index in [0.29, 0.717) is 17.0 Å². The first-order chi connectivity index (χ1) is 18.0. The number of nitro benzene ring substituents is 1. The molecule has 37 heavy (non-hydrogen) atoms. The molecule has 5 atom stereocenters. The highest BCUT2D eigenvalue weighted by Crippen LogP contribution is 2.34. The number of aliphatic hydroxyl groups excluding tert-OH is 2. The summed E-state index contributed by atoms with van der Waals surface area (Å²) in [5.74, 6) is 0.574. The third-order valence-electron chi connectivity index (χ3n) is 6.36. The molecule has 4 aromatic rings. The van der Waals surface area contributed by atoms with E-state index in [9.17, 15) is 20.3 Å². The van der Waals surface area contributed by atoms with E-state index < -0.39 is 29.5 Å². The summed E-state index contributed by atoms with van der Waals surface area (Å²) in [5, 5.41) is 36.0. The SMILES string of the molecule is CC[C@@H](Nc1ncnc2c1ncn2[C@@H]1O[C@H](COc2ccccc2[N+](=O)[O-])[C@H](O)C1O)c1ccccc1. The molecule has 12 heteroatoms. The molecule has 0 amide bonds. The van der Waals surface area contributed by atoms with Crippen LogP contribution in [0.3, 0.4) is 0 Å². The molecule has 2 aromatic heterocycles. The van der Waals surface area contributed by atoms with Crippen molar-refractivity contribution in [3.63, 3.8) is 0 Å². The summed E-state index contributed by atoms with van der Waals surface area (Å²) in [7, 11) is 0. The summed E-state index contributed by atoms with van der Waals surface area (Å²) in [6.07, 6.45) is -0.873. The van der Waals surface area contributed by atoms with Gasteiger partial charge in [0.25, 0.3) is 0 Å². The average molecular weight is 507 g/mol. The van der Waals surface area contributed by atoms with Crippen molar-refractivity contribution in [3.05, 3.63) is 82.9 Å². The van der Waals surface area contributed by atoms with Crippen molar-refractivity contribution < 1.29 is 24.6 Å². The number of hydrogen-bond acceptors (Lipinski definition) is 10. The fourth-order valence-corrected chi connectivity index (χ4v) is 4.41. The van der Waals surface area contributed by atoms with Crippen LogP contribution in [0, 0.1) is 10.1 Å². The van der Waals surface area contributed by atoms with Gasteiger partial charge in [0, 0.05) is 6.07 Å². The highest BCUT2D eigenvalue weighted by Gasteiger charge is 2.45. The minimum absolute atomic E-state index is 0.00293. The van der Waals surface area contributed by atoms with Crippen molar-refractivity contribution in [3.8, 4) is 5.75 Å². The van der Waals surface area contributed by atoms with Gasteiger partial charge in [-0.25, -0.2) is 15.0 Å². The van der Waals surface area contributed by atoms with Crippen LogP contribution in [0.25, 0.3) is 11.2 Å². The smallest absolute Gasteiger partial charge is 0.310 e. The molecular formula is C25H26N6O6.